The largest absolute Gasteiger partial charge is 0.416 e. The molecule has 0 aliphatic heterocycles. The molecule has 2 aromatic rings. The standard InChI is InChI=1S/C13H10BrF3N2OS/c1-6-7(2)21-12(18-6)19-11(20)9-5-8(13(15,16)17)3-4-10(9)14/h3-5H,1-2H3,(H,18,19,20). The molecular weight excluding hydrogens is 369 g/mol. The second-order valence-electron chi connectivity index (χ2n) is 4.31. The number of anilines is 1. The zero-order valence-electron chi connectivity index (χ0n) is 11.0. The third-order valence-electron chi connectivity index (χ3n) is 2.79. The van der Waals surface area contributed by atoms with Crippen molar-refractivity contribution in [3.8, 4) is 0 Å². The van der Waals surface area contributed by atoms with E-state index in [1.165, 1.54) is 17.4 Å². The van der Waals surface area contributed by atoms with E-state index in [9.17, 15) is 18.0 Å². The van der Waals surface area contributed by atoms with E-state index in [0.717, 1.165) is 22.7 Å². The highest BCUT2D eigenvalue weighted by Crippen LogP contribution is 2.32. The summed E-state index contributed by atoms with van der Waals surface area (Å²) in [5.41, 5.74) is -0.184. The maximum Gasteiger partial charge on any atom is 0.416 e. The second kappa shape index (κ2) is 5.76. The van der Waals surface area contributed by atoms with Crippen LogP contribution in [0.2, 0.25) is 0 Å². The molecule has 0 spiro atoms. The Morgan fingerprint density at radius 2 is 2.00 bits per heavy atom. The summed E-state index contributed by atoms with van der Waals surface area (Å²) in [6, 6.07) is 2.93. The molecule has 2 rings (SSSR count). The third-order valence-corrected chi connectivity index (χ3v) is 4.47. The van der Waals surface area contributed by atoms with Crippen molar-refractivity contribution in [1.29, 1.82) is 0 Å². The summed E-state index contributed by atoms with van der Waals surface area (Å²) >= 11 is 4.36. The van der Waals surface area contributed by atoms with Crippen molar-refractivity contribution in [3.05, 3.63) is 44.4 Å². The first-order chi connectivity index (χ1) is 9.68. The number of nitrogens with zero attached hydrogens (tertiary/aromatic N) is 1. The summed E-state index contributed by atoms with van der Waals surface area (Å²) in [5.74, 6) is -0.637. The summed E-state index contributed by atoms with van der Waals surface area (Å²) in [4.78, 5) is 17.2. The molecule has 0 aliphatic carbocycles. The zero-order valence-corrected chi connectivity index (χ0v) is 13.4. The van der Waals surface area contributed by atoms with Crippen molar-refractivity contribution in [2.45, 2.75) is 20.0 Å². The first kappa shape index (κ1) is 16.0. The molecule has 1 heterocycles. The average molecular weight is 379 g/mol. The van der Waals surface area contributed by atoms with Gasteiger partial charge in [0.15, 0.2) is 5.13 Å². The summed E-state index contributed by atoms with van der Waals surface area (Å²) in [6.07, 6.45) is -4.50. The zero-order chi connectivity index (χ0) is 15.8. The quantitative estimate of drug-likeness (QED) is 0.815. The van der Waals surface area contributed by atoms with Crippen molar-refractivity contribution >= 4 is 38.3 Å². The van der Waals surface area contributed by atoms with Gasteiger partial charge in [-0.3, -0.25) is 10.1 Å². The minimum Gasteiger partial charge on any atom is -0.298 e. The molecule has 21 heavy (non-hydrogen) atoms. The number of thiazole rings is 1. The van der Waals surface area contributed by atoms with Crippen LogP contribution in [0.1, 0.15) is 26.5 Å². The van der Waals surface area contributed by atoms with Gasteiger partial charge in [-0.2, -0.15) is 13.2 Å². The number of halogens is 4. The van der Waals surface area contributed by atoms with Crippen molar-refractivity contribution in [2.75, 3.05) is 5.32 Å². The Hall–Kier alpha value is -1.41. The van der Waals surface area contributed by atoms with Crippen molar-refractivity contribution in [1.82, 2.24) is 4.98 Å². The highest BCUT2D eigenvalue weighted by molar-refractivity contribution is 9.10. The molecule has 1 aromatic heterocycles. The topological polar surface area (TPSA) is 42.0 Å². The van der Waals surface area contributed by atoms with E-state index in [1.807, 2.05) is 6.92 Å². The highest BCUT2D eigenvalue weighted by atomic mass is 79.9. The van der Waals surface area contributed by atoms with Gasteiger partial charge in [-0.15, -0.1) is 11.3 Å². The van der Waals surface area contributed by atoms with E-state index in [4.69, 9.17) is 0 Å². The summed E-state index contributed by atoms with van der Waals surface area (Å²) < 4.78 is 38.4. The Kier molecular flexibility index (Phi) is 4.38. The van der Waals surface area contributed by atoms with Crippen molar-refractivity contribution in [2.24, 2.45) is 0 Å². The number of rotatable bonds is 2. The Labute approximate surface area is 131 Å². The maximum absolute atomic E-state index is 12.7. The number of alkyl halides is 3. The molecule has 0 bridgehead atoms. The van der Waals surface area contributed by atoms with E-state index in [1.54, 1.807) is 6.92 Å². The summed E-state index contributed by atoms with van der Waals surface area (Å²) in [5, 5.41) is 2.87. The summed E-state index contributed by atoms with van der Waals surface area (Å²) in [6.45, 7) is 3.64. The predicted molar refractivity (Wildman–Crippen MR) is 78.7 cm³/mol. The van der Waals surface area contributed by atoms with Gasteiger partial charge in [0.25, 0.3) is 5.91 Å². The summed E-state index contributed by atoms with van der Waals surface area (Å²) in [7, 11) is 0. The lowest BCUT2D eigenvalue weighted by atomic mass is 10.1. The van der Waals surface area contributed by atoms with Crippen LogP contribution < -0.4 is 5.32 Å². The van der Waals surface area contributed by atoms with Crippen LogP contribution in [-0.2, 0) is 6.18 Å². The van der Waals surface area contributed by atoms with Gasteiger partial charge in [-0.25, -0.2) is 4.98 Å². The lowest BCUT2D eigenvalue weighted by Gasteiger charge is -2.10. The fourth-order valence-corrected chi connectivity index (χ4v) is 2.80. The highest BCUT2D eigenvalue weighted by Gasteiger charge is 2.31. The number of aromatic nitrogens is 1. The van der Waals surface area contributed by atoms with E-state index < -0.39 is 17.6 Å². The minimum atomic E-state index is -4.50. The van der Waals surface area contributed by atoms with E-state index in [2.05, 4.69) is 26.2 Å². The second-order valence-corrected chi connectivity index (χ2v) is 6.36. The van der Waals surface area contributed by atoms with Crippen LogP contribution >= 0.6 is 27.3 Å². The predicted octanol–water partition coefficient (Wildman–Crippen LogP) is 4.79. The van der Waals surface area contributed by atoms with Gasteiger partial charge >= 0.3 is 6.18 Å². The molecule has 1 N–H and O–H groups in total. The molecule has 0 saturated carbocycles. The molecule has 0 unspecified atom stereocenters. The van der Waals surface area contributed by atoms with E-state index in [0.29, 0.717) is 5.13 Å². The first-order valence-electron chi connectivity index (χ1n) is 5.80. The van der Waals surface area contributed by atoms with Crippen LogP contribution in [0.15, 0.2) is 22.7 Å². The Morgan fingerprint density at radius 3 is 2.52 bits per heavy atom. The number of hydrogen-bond acceptors (Lipinski definition) is 3. The smallest absolute Gasteiger partial charge is 0.298 e. The SMILES string of the molecule is Cc1nc(NC(=O)c2cc(C(F)(F)F)ccc2Br)sc1C. The van der Waals surface area contributed by atoms with Crippen LogP contribution in [0.4, 0.5) is 18.3 Å². The molecule has 1 aromatic carbocycles. The fourth-order valence-electron chi connectivity index (χ4n) is 1.57. The van der Waals surface area contributed by atoms with Crippen LogP contribution in [-0.4, -0.2) is 10.9 Å². The normalized spacial score (nSPS) is 11.5. The van der Waals surface area contributed by atoms with Crippen molar-refractivity contribution < 1.29 is 18.0 Å². The molecule has 8 heteroatoms. The molecular formula is C13H10BrF3N2OS. The van der Waals surface area contributed by atoms with E-state index >= 15 is 0 Å². The van der Waals surface area contributed by atoms with Crippen molar-refractivity contribution in [3.63, 3.8) is 0 Å². The number of carbonyl (C=O) groups excluding carboxylic acids is 1. The van der Waals surface area contributed by atoms with Gasteiger partial charge in [0.1, 0.15) is 0 Å². The minimum absolute atomic E-state index is 0.0877. The molecule has 0 atom stereocenters. The maximum atomic E-state index is 12.7. The van der Waals surface area contributed by atoms with Gasteiger partial charge in [-0.05, 0) is 48.0 Å². The van der Waals surface area contributed by atoms with Gasteiger partial charge in [0.2, 0.25) is 0 Å². The average Bonchev–Trinajstić information content (AvgIpc) is 2.67. The fraction of sp³-hybridized carbons (Fsp3) is 0.231. The number of hydrogen-bond donors (Lipinski definition) is 1. The number of nitrogens with one attached hydrogen (secondary N) is 1. The molecule has 0 aliphatic rings. The van der Waals surface area contributed by atoms with E-state index in [-0.39, 0.29) is 10.0 Å². The number of amides is 1. The molecule has 112 valence electrons. The monoisotopic (exact) mass is 378 g/mol. The Morgan fingerprint density at radius 1 is 1.33 bits per heavy atom. The number of aryl methyl sites for hydroxylation is 2. The van der Waals surface area contributed by atoms with Crippen LogP contribution in [0.5, 0.6) is 0 Å². The molecule has 0 radical (unpaired) electrons. The van der Waals surface area contributed by atoms with Crippen LogP contribution in [0.3, 0.4) is 0 Å². The molecule has 0 fully saturated rings. The molecule has 1 amide bonds. The van der Waals surface area contributed by atoms with Gasteiger partial charge in [-0.1, -0.05) is 0 Å². The van der Waals surface area contributed by atoms with Crippen LogP contribution in [0.25, 0.3) is 0 Å². The molecule has 0 saturated heterocycles. The van der Waals surface area contributed by atoms with Gasteiger partial charge < -0.3 is 0 Å². The van der Waals surface area contributed by atoms with Crippen LogP contribution in [0, 0.1) is 13.8 Å². The number of benzene rings is 1. The van der Waals surface area contributed by atoms with Gasteiger partial charge in [0, 0.05) is 9.35 Å². The Bertz CT molecular complexity index is 678. The third kappa shape index (κ3) is 3.62. The van der Waals surface area contributed by atoms with Gasteiger partial charge in [0.05, 0.1) is 16.8 Å². The lowest BCUT2D eigenvalue weighted by Crippen LogP contribution is -2.14. The molecule has 3 nitrogen and oxygen atoms in total. The number of carbonyl (C=O) groups is 1. The lowest BCUT2D eigenvalue weighted by molar-refractivity contribution is -0.137. The Balaban J connectivity index is 2.30. The first-order valence-corrected chi connectivity index (χ1v) is 7.41.